The van der Waals surface area contributed by atoms with Crippen molar-refractivity contribution < 1.29 is 9.90 Å². The molecule has 0 aliphatic carbocycles. The maximum atomic E-state index is 12.1. The molecule has 1 heterocycles. The molecule has 0 radical (unpaired) electrons. The van der Waals surface area contributed by atoms with Crippen LogP contribution in [0.1, 0.15) is 32.3 Å². The molecule has 1 aromatic carbocycles. The maximum absolute atomic E-state index is 12.1. The van der Waals surface area contributed by atoms with Gasteiger partial charge in [-0.25, -0.2) is 0 Å². The minimum absolute atomic E-state index is 0.127. The van der Waals surface area contributed by atoms with Crippen LogP contribution >= 0.6 is 0 Å². The second-order valence-electron chi connectivity index (χ2n) is 6.34. The van der Waals surface area contributed by atoms with E-state index in [1.165, 1.54) is 0 Å². The number of hydrogen-bond acceptors (Lipinski definition) is 3. The molecule has 1 saturated heterocycles. The van der Waals surface area contributed by atoms with Crippen LogP contribution in [0.2, 0.25) is 0 Å². The Morgan fingerprint density at radius 3 is 2.70 bits per heavy atom. The van der Waals surface area contributed by atoms with Crippen LogP contribution < -0.4 is 10.6 Å². The van der Waals surface area contributed by atoms with Crippen molar-refractivity contribution in [2.24, 2.45) is 5.92 Å². The van der Waals surface area contributed by atoms with E-state index in [9.17, 15) is 9.90 Å². The van der Waals surface area contributed by atoms with E-state index in [1.54, 1.807) is 12.1 Å². The Balaban J connectivity index is 1.85. The molecule has 1 aliphatic heterocycles. The molecule has 0 saturated carbocycles. The average molecular weight is 276 g/mol. The Bertz CT molecular complexity index is 448. The monoisotopic (exact) mass is 276 g/mol. The Hall–Kier alpha value is -1.55. The minimum atomic E-state index is -0.278. The van der Waals surface area contributed by atoms with Gasteiger partial charge >= 0.3 is 0 Å². The molecular formula is C16H24N2O2. The zero-order chi connectivity index (χ0) is 14.6. The van der Waals surface area contributed by atoms with Gasteiger partial charge in [-0.1, -0.05) is 12.1 Å². The Kier molecular flexibility index (Phi) is 4.65. The van der Waals surface area contributed by atoms with Gasteiger partial charge in [0.15, 0.2) is 0 Å². The number of hydrogen-bond donors (Lipinski definition) is 3. The van der Waals surface area contributed by atoms with Gasteiger partial charge in [0.25, 0.3) is 0 Å². The summed E-state index contributed by atoms with van der Waals surface area (Å²) < 4.78 is 0. The van der Waals surface area contributed by atoms with Crippen molar-refractivity contribution in [2.45, 2.75) is 38.6 Å². The van der Waals surface area contributed by atoms with Gasteiger partial charge in [0, 0.05) is 12.0 Å². The smallest absolute Gasteiger partial charge is 0.220 e. The van der Waals surface area contributed by atoms with Gasteiger partial charge in [0.05, 0.1) is 0 Å². The Morgan fingerprint density at radius 1 is 1.40 bits per heavy atom. The summed E-state index contributed by atoms with van der Waals surface area (Å²) >= 11 is 0. The molecule has 1 amide bonds. The first-order valence-corrected chi connectivity index (χ1v) is 7.24. The third-order valence-electron chi connectivity index (χ3n) is 3.70. The van der Waals surface area contributed by atoms with Gasteiger partial charge in [-0.15, -0.1) is 0 Å². The fourth-order valence-corrected chi connectivity index (χ4v) is 2.75. The van der Waals surface area contributed by atoms with Crippen LogP contribution in [0.5, 0.6) is 5.75 Å². The summed E-state index contributed by atoms with van der Waals surface area (Å²) in [7, 11) is 0. The summed E-state index contributed by atoms with van der Waals surface area (Å²) in [5, 5.41) is 15.7. The van der Waals surface area contributed by atoms with Gasteiger partial charge in [-0.2, -0.15) is 0 Å². The zero-order valence-corrected chi connectivity index (χ0v) is 12.3. The van der Waals surface area contributed by atoms with E-state index in [0.29, 0.717) is 12.3 Å². The topological polar surface area (TPSA) is 61.4 Å². The van der Waals surface area contributed by atoms with E-state index in [-0.39, 0.29) is 17.2 Å². The molecule has 1 aromatic rings. The normalized spacial score (nSPS) is 19.0. The van der Waals surface area contributed by atoms with Crippen LogP contribution in [-0.4, -0.2) is 29.6 Å². The molecule has 0 aromatic heterocycles. The van der Waals surface area contributed by atoms with Gasteiger partial charge in [-0.3, -0.25) is 4.79 Å². The van der Waals surface area contributed by atoms with E-state index in [1.807, 2.05) is 26.0 Å². The van der Waals surface area contributed by atoms with Crippen molar-refractivity contribution >= 4 is 5.91 Å². The lowest BCUT2D eigenvalue weighted by atomic mass is 9.94. The average Bonchev–Trinajstić information content (AvgIpc) is 2.83. The fraction of sp³-hybridized carbons (Fsp3) is 0.562. The van der Waals surface area contributed by atoms with Gasteiger partial charge in [0.2, 0.25) is 5.91 Å². The third kappa shape index (κ3) is 4.53. The van der Waals surface area contributed by atoms with Crippen LogP contribution in [0, 0.1) is 5.92 Å². The quantitative estimate of drug-likeness (QED) is 0.769. The molecule has 0 spiro atoms. The SMILES string of the molecule is CC(C)(Cc1ccc(O)cc1)NC(=O)C[C@@H]1CCNC1. The highest BCUT2D eigenvalue weighted by molar-refractivity contribution is 5.77. The molecule has 2 rings (SSSR count). The lowest BCUT2D eigenvalue weighted by Gasteiger charge is -2.27. The zero-order valence-electron chi connectivity index (χ0n) is 12.3. The molecule has 3 N–H and O–H groups in total. The second-order valence-corrected chi connectivity index (χ2v) is 6.34. The molecule has 4 heteroatoms. The number of phenols is 1. The number of aromatic hydroxyl groups is 1. The number of benzene rings is 1. The van der Waals surface area contributed by atoms with Crippen molar-refractivity contribution in [1.29, 1.82) is 0 Å². The second kappa shape index (κ2) is 6.27. The van der Waals surface area contributed by atoms with Crippen LogP contribution in [-0.2, 0) is 11.2 Å². The summed E-state index contributed by atoms with van der Waals surface area (Å²) in [6, 6.07) is 7.14. The molecule has 1 atom stereocenters. The highest BCUT2D eigenvalue weighted by Gasteiger charge is 2.24. The predicted octanol–water partition coefficient (Wildman–Crippen LogP) is 1.83. The van der Waals surface area contributed by atoms with Crippen LogP contribution in [0.25, 0.3) is 0 Å². The number of carbonyl (C=O) groups excluding carboxylic acids is 1. The van der Waals surface area contributed by atoms with Gasteiger partial charge in [-0.05, 0) is 63.4 Å². The number of rotatable bonds is 5. The van der Waals surface area contributed by atoms with E-state index in [2.05, 4.69) is 10.6 Å². The maximum Gasteiger partial charge on any atom is 0.220 e. The molecule has 20 heavy (non-hydrogen) atoms. The molecule has 1 fully saturated rings. The standard InChI is InChI=1S/C16H24N2O2/c1-16(2,10-12-3-5-14(19)6-4-12)18-15(20)9-13-7-8-17-11-13/h3-6,13,17,19H,7-11H2,1-2H3,(H,18,20)/t13-/m0/s1. The molecule has 4 nitrogen and oxygen atoms in total. The molecule has 110 valence electrons. The molecule has 0 unspecified atom stereocenters. The lowest BCUT2D eigenvalue weighted by Crippen LogP contribution is -2.45. The van der Waals surface area contributed by atoms with Crippen molar-refractivity contribution in [2.75, 3.05) is 13.1 Å². The molecule has 0 bridgehead atoms. The van der Waals surface area contributed by atoms with E-state index in [4.69, 9.17) is 0 Å². The molecule has 1 aliphatic rings. The van der Waals surface area contributed by atoms with Crippen molar-refractivity contribution in [3.63, 3.8) is 0 Å². The van der Waals surface area contributed by atoms with Crippen molar-refractivity contribution in [3.05, 3.63) is 29.8 Å². The van der Waals surface area contributed by atoms with E-state index < -0.39 is 0 Å². The Morgan fingerprint density at radius 2 is 2.10 bits per heavy atom. The van der Waals surface area contributed by atoms with E-state index in [0.717, 1.165) is 31.5 Å². The van der Waals surface area contributed by atoms with Gasteiger partial charge in [0.1, 0.15) is 5.75 Å². The predicted molar refractivity (Wildman–Crippen MR) is 79.6 cm³/mol. The molecular weight excluding hydrogens is 252 g/mol. The third-order valence-corrected chi connectivity index (χ3v) is 3.70. The minimum Gasteiger partial charge on any atom is -0.508 e. The number of amides is 1. The first-order valence-electron chi connectivity index (χ1n) is 7.24. The largest absolute Gasteiger partial charge is 0.508 e. The summed E-state index contributed by atoms with van der Waals surface area (Å²) in [5.41, 5.74) is 0.829. The van der Waals surface area contributed by atoms with Gasteiger partial charge < -0.3 is 15.7 Å². The van der Waals surface area contributed by atoms with Crippen LogP contribution in [0.4, 0.5) is 0 Å². The highest BCUT2D eigenvalue weighted by atomic mass is 16.3. The summed E-state index contributed by atoms with van der Waals surface area (Å²) in [5.74, 6) is 0.867. The first-order chi connectivity index (χ1) is 9.44. The van der Waals surface area contributed by atoms with Crippen LogP contribution in [0.15, 0.2) is 24.3 Å². The highest BCUT2D eigenvalue weighted by Crippen LogP contribution is 2.17. The number of carbonyl (C=O) groups is 1. The number of phenolic OH excluding ortho intramolecular Hbond substituents is 1. The first kappa shape index (κ1) is 14.9. The summed E-state index contributed by atoms with van der Waals surface area (Å²) in [6.07, 6.45) is 2.44. The van der Waals surface area contributed by atoms with Crippen molar-refractivity contribution in [3.8, 4) is 5.75 Å². The Labute approximate surface area is 120 Å². The number of nitrogens with one attached hydrogen (secondary N) is 2. The fourth-order valence-electron chi connectivity index (χ4n) is 2.75. The summed E-state index contributed by atoms with van der Waals surface area (Å²) in [6.45, 7) is 6.04. The lowest BCUT2D eigenvalue weighted by molar-refractivity contribution is -0.123. The van der Waals surface area contributed by atoms with Crippen LogP contribution in [0.3, 0.4) is 0 Å². The van der Waals surface area contributed by atoms with Crippen molar-refractivity contribution in [1.82, 2.24) is 10.6 Å². The summed E-state index contributed by atoms with van der Waals surface area (Å²) in [4.78, 5) is 12.1. The van der Waals surface area contributed by atoms with E-state index >= 15 is 0 Å².